The van der Waals surface area contributed by atoms with Crippen molar-refractivity contribution >= 4 is 5.97 Å². The van der Waals surface area contributed by atoms with E-state index < -0.39 is 5.60 Å². The van der Waals surface area contributed by atoms with E-state index in [2.05, 4.69) is 26.1 Å². The fourth-order valence-electron chi connectivity index (χ4n) is 5.23. The molecule has 0 aromatic carbocycles. The van der Waals surface area contributed by atoms with Crippen molar-refractivity contribution in [1.29, 1.82) is 0 Å². The number of hydrogen-bond acceptors (Lipinski definition) is 4. The molecule has 2 saturated carbocycles. The maximum Gasteiger partial charge on any atom is 0.320 e. The second kappa shape index (κ2) is 4.94. The molecule has 2 aliphatic carbocycles. The Morgan fingerprint density at radius 1 is 1.32 bits per heavy atom. The zero-order valence-electron chi connectivity index (χ0n) is 14.9. The van der Waals surface area contributed by atoms with Gasteiger partial charge in [-0.3, -0.25) is 10.1 Å². The maximum atomic E-state index is 11.8. The van der Waals surface area contributed by atoms with Gasteiger partial charge in [0.05, 0.1) is 12.6 Å². The molecule has 0 unspecified atom stereocenters. The molecule has 1 N–H and O–H groups in total. The number of hydrogen-bond donors (Lipinski definition) is 1. The first kappa shape index (κ1) is 16.3. The number of carbonyl (C=O) groups is 1. The first-order valence-corrected chi connectivity index (χ1v) is 8.65. The number of fused-ring (bicyclic) bond motifs is 5. The summed E-state index contributed by atoms with van der Waals surface area (Å²) < 4.78 is 11.7. The lowest BCUT2D eigenvalue weighted by molar-refractivity contribution is -0.154. The second-order valence-electron chi connectivity index (χ2n) is 9.20. The molecule has 126 valence electrons. The summed E-state index contributed by atoms with van der Waals surface area (Å²) in [6, 6.07) is 0. The lowest BCUT2D eigenvalue weighted by atomic mass is 9.70. The zero-order valence-corrected chi connectivity index (χ0v) is 14.9. The van der Waals surface area contributed by atoms with Gasteiger partial charge in [0.2, 0.25) is 0 Å². The van der Waals surface area contributed by atoms with Crippen LogP contribution in [-0.2, 0) is 14.3 Å². The molecule has 4 nitrogen and oxygen atoms in total. The number of ether oxygens (including phenoxy) is 2. The van der Waals surface area contributed by atoms with Gasteiger partial charge in [0.1, 0.15) is 11.8 Å². The zero-order chi connectivity index (χ0) is 16.3. The largest absolute Gasteiger partial charge is 0.459 e. The third-order valence-corrected chi connectivity index (χ3v) is 6.60. The van der Waals surface area contributed by atoms with Crippen molar-refractivity contribution in [3.63, 3.8) is 0 Å². The van der Waals surface area contributed by atoms with Crippen LogP contribution in [0.4, 0.5) is 0 Å². The van der Waals surface area contributed by atoms with E-state index in [0.29, 0.717) is 17.4 Å². The summed E-state index contributed by atoms with van der Waals surface area (Å²) in [5, 5.41) is 3.25. The van der Waals surface area contributed by atoms with Crippen molar-refractivity contribution in [1.82, 2.24) is 5.32 Å². The van der Waals surface area contributed by atoms with Crippen LogP contribution in [0.15, 0.2) is 0 Å². The van der Waals surface area contributed by atoms with Gasteiger partial charge >= 0.3 is 5.97 Å². The summed E-state index contributed by atoms with van der Waals surface area (Å²) in [7, 11) is 0. The third kappa shape index (κ3) is 2.39. The molecule has 1 aliphatic heterocycles. The Morgan fingerprint density at radius 2 is 2.00 bits per heavy atom. The van der Waals surface area contributed by atoms with Crippen LogP contribution in [0.1, 0.15) is 60.8 Å². The molecule has 0 spiro atoms. The molecule has 0 aromatic rings. The van der Waals surface area contributed by atoms with E-state index in [1.165, 1.54) is 12.8 Å². The van der Waals surface area contributed by atoms with E-state index in [9.17, 15) is 4.79 Å². The Kier molecular flexibility index (Phi) is 3.65. The average molecular weight is 309 g/mol. The Morgan fingerprint density at radius 3 is 2.59 bits per heavy atom. The van der Waals surface area contributed by atoms with E-state index in [1.807, 2.05) is 20.8 Å². The van der Waals surface area contributed by atoms with Crippen molar-refractivity contribution in [2.24, 2.45) is 22.7 Å². The predicted molar refractivity (Wildman–Crippen MR) is 85.2 cm³/mol. The van der Waals surface area contributed by atoms with Crippen molar-refractivity contribution in [2.75, 3.05) is 6.54 Å². The van der Waals surface area contributed by atoms with Crippen molar-refractivity contribution in [2.45, 2.75) is 78.7 Å². The summed E-state index contributed by atoms with van der Waals surface area (Å²) >= 11 is 0. The molecule has 1 saturated heterocycles. The van der Waals surface area contributed by atoms with Crippen LogP contribution in [0.5, 0.6) is 0 Å². The van der Waals surface area contributed by atoms with E-state index in [4.69, 9.17) is 9.47 Å². The second-order valence-corrected chi connectivity index (χ2v) is 9.20. The van der Waals surface area contributed by atoms with Crippen LogP contribution in [0.3, 0.4) is 0 Å². The van der Waals surface area contributed by atoms with E-state index >= 15 is 0 Å². The summed E-state index contributed by atoms with van der Waals surface area (Å²) in [6.07, 6.45) is 3.96. The number of esters is 1. The van der Waals surface area contributed by atoms with Crippen LogP contribution in [-0.4, -0.2) is 30.4 Å². The molecule has 0 aromatic heterocycles. The number of rotatable bonds is 3. The van der Waals surface area contributed by atoms with Crippen molar-refractivity contribution in [3.05, 3.63) is 0 Å². The smallest absolute Gasteiger partial charge is 0.320 e. The van der Waals surface area contributed by atoms with Gasteiger partial charge in [-0.25, -0.2) is 0 Å². The standard InChI is InChI=1S/C18H31NO3/c1-16(2,3)22-14(20)10-19-13-9-11-12-7-8-18(6,15(11)21-13)17(12,4)5/h11-13,15,19H,7-10H2,1-6H3/t11-,12+,13-,15-,18-/m1/s1. The van der Waals surface area contributed by atoms with Gasteiger partial charge in [0, 0.05) is 0 Å². The molecule has 4 heteroatoms. The van der Waals surface area contributed by atoms with Gasteiger partial charge in [0.15, 0.2) is 0 Å². The molecule has 3 rings (SSSR count). The van der Waals surface area contributed by atoms with E-state index in [-0.39, 0.29) is 24.2 Å². The Bertz CT molecular complexity index is 467. The minimum absolute atomic E-state index is 0.00135. The van der Waals surface area contributed by atoms with Crippen LogP contribution < -0.4 is 5.32 Å². The van der Waals surface area contributed by atoms with Crippen LogP contribution in [0, 0.1) is 22.7 Å². The van der Waals surface area contributed by atoms with Gasteiger partial charge in [0.25, 0.3) is 0 Å². The van der Waals surface area contributed by atoms with Gasteiger partial charge in [-0.15, -0.1) is 0 Å². The lowest BCUT2D eigenvalue weighted by Crippen LogP contribution is -2.41. The SMILES string of the molecule is CC(C)(C)OC(=O)CN[C@H]1C[C@H]2[C@@H](O1)[C@@]1(C)CC[C@@H]2C1(C)C. The topological polar surface area (TPSA) is 47.6 Å². The Hall–Kier alpha value is -0.610. The molecule has 3 aliphatic rings. The lowest BCUT2D eigenvalue weighted by Gasteiger charge is -2.38. The fourth-order valence-corrected chi connectivity index (χ4v) is 5.23. The molecular weight excluding hydrogens is 278 g/mol. The summed E-state index contributed by atoms with van der Waals surface area (Å²) in [4.78, 5) is 11.8. The number of carbonyl (C=O) groups excluding carboxylic acids is 1. The molecule has 22 heavy (non-hydrogen) atoms. The molecule has 1 heterocycles. The molecular formula is C18H31NO3. The van der Waals surface area contributed by atoms with Gasteiger partial charge in [-0.2, -0.15) is 0 Å². The van der Waals surface area contributed by atoms with Gasteiger partial charge in [-0.1, -0.05) is 20.8 Å². The molecule has 5 atom stereocenters. The summed E-state index contributed by atoms with van der Waals surface area (Å²) in [5.74, 6) is 1.20. The summed E-state index contributed by atoms with van der Waals surface area (Å²) in [6.45, 7) is 13.1. The predicted octanol–water partition coefficient (Wildman–Crippen LogP) is 3.11. The van der Waals surface area contributed by atoms with E-state index in [0.717, 1.165) is 12.3 Å². The van der Waals surface area contributed by atoms with Crippen molar-refractivity contribution < 1.29 is 14.3 Å². The highest BCUT2D eigenvalue weighted by atomic mass is 16.6. The minimum atomic E-state index is -0.428. The van der Waals surface area contributed by atoms with E-state index in [1.54, 1.807) is 0 Å². The highest BCUT2D eigenvalue weighted by Crippen LogP contribution is 2.70. The first-order chi connectivity index (χ1) is 10.0. The van der Waals surface area contributed by atoms with Crippen LogP contribution >= 0.6 is 0 Å². The Labute approximate surface area is 134 Å². The monoisotopic (exact) mass is 309 g/mol. The fraction of sp³-hybridized carbons (Fsp3) is 0.944. The average Bonchev–Trinajstić information content (AvgIpc) is 2.91. The molecule has 0 amide bonds. The highest BCUT2D eigenvalue weighted by molar-refractivity contribution is 5.72. The van der Waals surface area contributed by atoms with Crippen LogP contribution in [0.25, 0.3) is 0 Å². The quantitative estimate of drug-likeness (QED) is 0.814. The Balaban J connectivity index is 1.56. The minimum Gasteiger partial charge on any atom is -0.459 e. The highest BCUT2D eigenvalue weighted by Gasteiger charge is 2.68. The molecule has 2 bridgehead atoms. The molecule has 3 fully saturated rings. The maximum absolute atomic E-state index is 11.8. The van der Waals surface area contributed by atoms with Crippen molar-refractivity contribution in [3.8, 4) is 0 Å². The third-order valence-electron chi connectivity index (χ3n) is 6.60. The van der Waals surface area contributed by atoms with Crippen LogP contribution in [0.2, 0.25) is 0 Å². The normalized spacial score (nSPS) is 42.5. The summed E-state index contributed by atoms with van der Waals surface area (Å²) in [5.41, 5.74) is 0.228. The van der Waals surface area contributed by atoms with Gasteiger partial charge < -0.3 is 9.47 Å². The first-order valence-electron chi connectivity index (χ1n) is 8.65. The molecule has 0 radical (unpaired) electrons. The van der Waals surface area contributed by atoms with Gasteiger partial charge in [-0.05, 0) is 62.7 Å². The number of nitrogens with one attached hydrogen (secondary N) is 1.